The van der Waals surface area contributed by atoms with Gasteiger partial charge in [0.15, 0.2) is 0 Å². The largest absolute Gasteiger partial charge is 0.0616 e. The molecule has 0 nitrogen and oxygen atoms in total. The van der Waals surface area contributed by atoms with Gasteiger partial charge >= 0.3 is 0 Å². The molecular formula is C38H24. The van der Waals surface area contributed by atoms with Crippen LogP contribution in [0.3, 0.4) is 0 Å². The molecule has 0 N–H and O–H groups in total. The third-order valence-electron chi connectivity index (χ3n) is 7.98. The molecule has 0 aliphatic heterocycles. The van der Waals surface area contributed by atoms with Crippen molar-refractivity contribution in [1.29, 1.82) is 0 Å². The van der Waals surface area contributed by atoms with Gasteiger partial charge in [0.25, 0.3) is 0 Å². The summed E-state index contributed by atoms with van der Waals surface area (Å²) in [5, 5.41) is 12.8. The van der Waals surface area contributed by atoms with Crippen LogP contribution in [0.2, 0.25) is 0 Å². The lowest BCUT2D eigenvalue weighted by molar-refractivity contribution is 1.68. The highest BCUT2D eigenvalue weighted by atomic mass is 14.2. The van der Waals surface area contributed by atoms with Gasteiger partial charge in [-0.15, -0.1) is 0 Å². The molecule has 8 aromatic rings. The van der Waals surface area contributed by atoms with Crippen LogP contribution in [0.1, 0.15) is 0 Å². The van der Waals surface area contributed by atoms with Crippen LogP contribution in [0.4, 0.5) is 0 Å². The van der Waals surface area contributed by atoms with E-state index in [9.17, 15) is 0 Å². The number of benzene rings is 8. The van der Waals surface area contributed by atoms with Crippen molar-refractivity contribution in [3.63, 3.8) is 0 Å². The van der Waals surface area contributed by atoms with Crippen LogP contribution in [0.25, 0.3) is 76.1 Å². The normalized spacial score (nSPS) is 11.7. The quantitative estimate of drug-likeness (QED) is 0.216. The molecule has 0 aliphatic carbocycles. The SMILES string of the molecule is c1ccc2cc(-c3ccc4ccc5cc(-c6ccc7ccccc7c6)c6ccccc6c5c4c3)ccc2c1. The van der Waals surface area contributed by atoms with Gasteiger partial charge in [0.05, 0.1) is 0 Å². The van der Waals surface area contributed by atoms with E-state index in [4.69, 9.17) is 0 Å². The van der Waals surface area contributed by atoms with Crippen LogP contribution in [0.5, 0.6) is 0 Å². The second-order valence-corrected chi connectivity index (χ2v) is 10.2. The summed E-state index contributed by atoms with van der Waals surface area (Å²) >= 11 is 0. The van der Waals surface area contributed by atoms with Gasteiger partial charge in [-0.3, -0.25) is 0 Å². The van der Waals surface area contributed by atoms with Crippen LogP contribution < -0.4 is 0 Å². The maximum absolute atomic E-state index is 2.38. The third kappa shape index (κ3) is 3.31. The van der Waals surface area contributed by atoms with Gasteiger partial charge in [-0.25, -0.2) is 0 Å². The monoisotopic (exact) mass is 480 g/mol. The van der Waals surface area contributed by atoms with E-state index in [0.29, 0.717) is 0 Å². The lowest BCUT2D eigenvalue weighted by Crippen LogP contribution is -1.87. The number of rotatable bonds is 2. The Labute approximate surface area is 221 Å². The first-order valence-corrected chi connectivity index (χ1v) is 13.2. The molecule has 0 unspecified atom stereocenters. The summed E-state index contributed by atoms with van der Waals surface area (Å²) in [5.41, 5.74) is 5.04. The molecule has 0 aliphatic rings. The van der Waals surface area contributed by atoms with Crippen LogP contribution in [0.15, 0.2) is 146 Å². The summed E-state index contributed by atoms with van der Waals surface area (Å²) in [4.78, 5) is 0. The van der Waals surface area contributed by atoms with Crippen LogP contribution in [-0.2, 0) is 0 Å². The third-order valence-corrected chi connectivity index (χ3v) is 7.98. The van der Waals surface area contributed by atoms with Crippen molar-refractivity contribution in [3.8, 4) is 22.3 Å². The highest BCUT2D eigenvalue weighted by molar-refractivity contribution is 6.23. The molecule has 0 bridgehead atoms. The Morgan fingerprint density at radius 1 is 0.263 bits per heavy atom. The standard InChI is InChI=1S/C38H24/c1-3-9-28-21-30(17-13-25(28)7-1)31-18-15-27-16-20-33-24-36(32-19-14-26-8-2-4-10-29(26)22-32)34-11-5-6-12-35(34)38(33)37(27)23-31/h1-24H. The lowest BCUT2D eigenvalue weighted by Gasteiger charge is -2.14. The summed E-state index contributed by atoms with van der Waals surface area (Å²) < 4.78 is 0. The Balaban J connectivity index is 1.40. The Morgan fingerprint density at radius 3 is 1.50 bits per heavy atom. The van der Waals surface area contributed by atoms with Gasteiger partial charge in [0.2, 0.25) is 0 Å². The zero-order chi connectivity index (χ0) is 25.1. The van der Waals surface area contributed by atoms with Gasteiger partial charge < -0.3 is 0 Å². The Bertz CT molecular complexity index is 2180. The van der Waals surface area contributed by atoms with Crippen molar-refractivity contribution >= 4 is 53.9 Å². The molecule has 0 amide bonds. The van der Waals surface area contributed by atoms with Crippen LogP contribution >= 0.6 is 0 Å². The summed E-state index contributed by atoms with van der Waals surface area (Å²) in [5.74, 6) is 0. The molecule has 0 aromatic heterocycles. The topological polar surface area (TPSA) is 0 Å². The number of fused-ring (bicyclic) bond motifs is 7. The lowest BCUT2D eigenvalue weighted by atomic mass is 9.89. The summed E-state index contributed by atoms with van der Waals surface area (Å²) in [7, 11) is 0. The Morgan fingerprint density at radius 2 is 0.763 bits per heavy atom. The molecule has 0 radical (unpaired) electrons. The van der Waals surface area contributed by atoms with E-state index in [2.05, 4.69) is 146 Å². The molecule has 0 atom stereocenters. The van der Waals surface area contributed by atoms with Crippen molar-refractivity contribution in [3.05, 3.63) is 146 Å². The first kappa shape index (κ1) is 21.2. The minimum atomic E-state index is 1.25. The minimum absolute atomic E-state index is 1.25. The van der Waals surface area contributed by atoms with E-state index in [1.807, 2.05) is 0 Å². The summed E-state index contributed by atoms with van der Waals surface area (Å²) in [6.45, 7) is 0. The fourth-order valence-electron chi connectivity index (χ4n) is 6.07. The molecule has 0 heteroatoms. The molecule has 0 fully saturated rings. The first-order valence-electron chi connectivity index (χ1n) is 13.2. The Hall–Kier alpha value is -4.94. The Kier molecular flexibility index (Phi) is 4.62. The minimum Gasteiger partial charge on any atom is -0.0616 e. The summed E-state index contributed by atoms with van der Waals surface area (Å²) in [6, 6.07) is 53.5. The fraction of sp³-hybridized carbons (Fsp3) is 0. The molecule has 0 heterocycles. The molecule has 176 valence electrons. The van der Waals surface area contributed by atoms with Gasteiger partial charge in [0.1, 0.15) is 0 Å². The molecule has 0 spiro atoms. The fourth-order valence-corrected chi connectivity index (χ4v) is 6.07. The number of hydrogen-bond acceptors (Lipinski definition) is 0. The van der Waals surface area contributed by atoms with E-state index in [1.54, 1.807) is 0 Å². The zero-order valence-electron chi connectivity index (χ0n) is 20.9. The molecular weight excluding hydrogens is 456 g/mol. The smallest absolute Gasteiger partial charge is 0.00262 e. The maximum atomic E-state index is 2.38. The molecule has 8 rings (SSSR count). The van der Waals surface area contributed by atoms with Gasteiger partial charge in [-0.1, -0.05) is 121 Å². The second-order valence-electron chi connectivity index (χ2n) is 10.2. The van der Waals surface area contributed by atoms with E-state index in [0.717, 1.165) is 0 Å². The predicted molar refractivity (Wildman–Crippen MR) is 165 cm³/mol. The van der Waals surface area contributed by atoms with Gasteiger partial charge in [0, 0.05) is 0 Å². The van der Waals surface area contributed by atoms with Crippen LogP contribution in [-0.4, -0.2) is 0 Å². The average molecular weight is 481 g/mol. The molecule has 0 saturated carbocycles. The second kappa shape index (κ2) is 8.30. The van der Waals surface area contributed by atoms with E-state index < -0.39 is 0 Å². The van der Waals surface area contributed by atoms with Crippen LogP contribution in [0, 0.1) is 0 Å². The van der Waals surface area contributed by atoms with Gasteiger partial charge in [-0.2, -0.15) is 0 Å². The zero-order valence-corrected chi connectivity index (χ0v) is 20.9. The maximum Gasteiger partial charge on any atom is -0.00262 e. The molecule has 38 heavy (non-hydrogen) atoms. The molecule has 8 aromatic carbocycles. The van der Waals surface area contributed by atoms with E-state index >= 15 is 0 Å². The van der Waals surface area contributed by atoms with E-state index in [1.165, 1.54) is 76.1 Å². The predicted octanol–water partition coefficient (Wildman–Crippen LogP) is 10.8. The van der Waals surface area contributed by atoms with Gasteiger partial charge in [-0.05, 0) is 100 Å². The molecule has 0 saturated heterocycles. The van der Waals surface area contributed by atoms with Crippen molar-refractivity contribution in [2.45, 2.75) is 0 Å². The van der Waals surface area contributed by atoms with E-state index in [-0.39, 0.29) is 0 Å². The van der Waals surface area contributed by atoms with Crippen molar-refractivity contribution in [1.82, 2.24) is 0 Å². The highest BCUT2D eigenvalue weighted by Gasteiger charge is 2.12. The van der Waals surface area contributed by atoms with Crippen molar-refractivity contribution < 1.29 is 0 Å². The average Bonchev–Trinajstić information content (AvgIpc) is 2.99. The summed E-state index contributed by atoms with van der Waals surface area (Å²) in [6.07, 6.45) is 0. The van der Waals surface area contributed by atoms with Crippen molar-refractivity contribution in [2.24, 2.45) is 0 Å². The first-order chi connectivity index (χ1) is 18.8. The van der Waals surface area contributed by atoms with Crippen molar-refractivity contribution in [2.75, 3.05) is 0 Å². The number of hydrogen-bond donors (Lipinski definition) is 0. The highest BCUT2D eigenvalue weighted by Crippen LogP contribution is 2.40.